The molecule has 0 radical (unpaired) electrons. The van der Waals surface area contributed by atoms with Crippen molar-refractivity contribution in [2.24, 2.45) is 24.6 Å². The maximum absolute atomic E-state index is 14.2. The van der Waals surface area contributed by atoms with E-state index in [1.165, 1.54) is 21.7 Å². The van der Waals surface area contributed by atoms with Gasteiger partial charge in [0.2, 0.25) is 5.95 Å². The van der Waals surface area contributed by atoms with E-state index < -0.39 is 34.7 Å². The summed E-state index contributed by atoms with van der Waals surface area (Å²) in [6.07, 6.45) is 5.26. The maximum atomic E-state index is 14.2. The van der Waals surface area contributed by atoms with Gasteiger partial charge in [0.1, 0.15) is 0 Å². The Kier molecular flexibility index (Phi) is 4.99. The predicted octanol–water partition coefficient (Wildman–Crippen LogP) is 2.57. The molecule has 9 heteroatoms. The Bertz CT molecular complexity index is 1220. The van der Waals surface area contributed by atoms with Gasteiger partial charge < -0.3 is 15.4 Å². The minimum absolute atomic E-state index is 0.0827. The van der Waals surface area contributed by atoms with Gasteiger partial charge >= 0.3 is 5.91 Å². The first-order chi connectivity index (χ1) is 15.9. The summed E-state index contributed by atoms with van der Waals surface area (Å²) in [6, 6.07) is 2.68. The van der Waals surface area contributed by atoms with Crippen LogP contribution in [0.25, 0.3) is 0 Å². The largest absolute Gasteiger partial charge is 0.390 e. The third-order valence-electron chi connectivity index (χ3n) is 8.23. The van der Waals surface area contributed by atoms with Crippen molar-refractivity contribution in [1.82, 2.24) is 9.55 Å². The molecule has 4 saturated carbocycles. The smallest absolute Gasteiger partial charge is 0.301 e. The van der Waals surface area contributed by atoms with Gasteiger partial charge in [0, 0.05) is 25.0 Å². The predicted molar refractivity (Wildman–Crippen MR) is 122 cm³/mol. The first-order valence-electron chi connectivity index (χ1n) is 11.6. The number of amides is 2. The summed E-state index contributed by atoms with van der Waals surface area (Å²) in [5.41, 5.74) is 5.21. The fourth-order valence-electron chi connectivity index (χ4n) is 7.43. The molecule has 0 aromatic carbocycles. The third kappa shape index (κ3) is 3.28. The monoisotopic (exact) mass is 468 g/mol. The van der Waals surface area contributed by atoms with Crippen LogP contribution in [-0.4, -0.2) is 43.4 Å². The average molecular weight is 469 g/mol. The van der Waals surface area contributed by atoms with Crippen LogP contribution in [0.2, 0.25) is 0 Å². The van der Waals surface area contributed by atoms with Gasteiger partial charge in [-0.15, -0.1) is 0 Å². The Hall–Kier alpha value is -3.07. The van der Waals surface area contributed by atoms with Crippen molar-refractivity contribution in [3.8, 4) is 0 Å². The summed E-state index contributed by atoms with van der Waals surface area (Å²) >= 11 is 0. The Labute approximate surface area is 196 Å². The van der Waals surface area contributed by atoms with Crippen molar-refractivity contribution in [3.05, 3.63) is 46.8 Å². The van der Waals surface area contributed by atoms with E-state index in [2.05, 4.69) is 4.98 Å². The van der Waals surface area contributed by atoms with Crippen LogP contribution in [0.1, 0.15) is 70.6 Å². The van der Waals surface area contributed by atoms with Crippen LogP contribution in [0.3, 0.4) is 0 Å². The number of primary amides is 1. The van der Waals surface area contributed by atoms with Gasteiger partial charge in [0.15, 0.2) is 0 Å². The number of Topliss-reactive ketones (excluding diaryl/α,β-unsaturated/α-hetero) is 1. The highest BCUT2D eigenvalue weighted by atomic mass is 19.1. The van der Waals surface area contributed by atoms with Crippen LogP contribution < -0.4 is 10.6 Å². The van der Waals surface area contributed by atoms with Gasteiger partial charge in [-0.3, -0.25) is 19.3 Å². The number of carbonyl (C=O) groups excluding carboxylic acids is 3. The highest BCUT2D eigenvalue weighted by Crippen LogP contribution is 2.60. The minimum Gasteiger partial charge on any atom is -0.390 e. The minimum atomic E-state index is -0.895. The zero-order valence-electron chi connectivity index (χ0n) is 19.6. The van der Waals surface area contributed by atoms with Crippen molar-refractivity contribution in [1.29, 1.82) is 0 Å². The number of nitrogens with two attached hydrogens (primary N) is 1. The van der Waals surface area contributed by atoms with Crippen LogP contribution in [0.4, 0.5) is 10.1 Å². The van der Waals surface area contributed by atoms with Gasteiger partial charge in [-0.25, -0.2) is 4.98 Å². The van der Waals surface area contributed by atoms with Crippen molar-refractivity contribution in [3.63, 3.8) is 0 Å². The standard InChI is InChI=1S/C25H29FN4O4/c1-13-19(22(27)32)14(2)29(3)20(13)21(31)23(33)30(17-4-5-28-18(26)7-17)24-8-15-6-16(9-24)11-25(34,10-15)12-24/h4-5,7,15-16,34H,6,8-12H2,1-3H3,(H2,27,32). The number of anilines is 1. The molecular weight excluding hydrogens is 439 g/mol. The van der Waals surface area contributed by atoms with E-state index in [1.807, 2.05) is 0 Å². The molecule has 3 N–H and O–H groups in total. The molecule has 0 saturated heterocycles. The highest BCUT2D eigenvalue weighted by Gasteiger charge is 2.61. The van der Waals surface area contributed by atoms with Crippen molar-refractivity contribution in [2.75, 3.05) is 4.90 Å². The van der Waals surface area contributed by atoms with E-state index in [1.54, 1.807) is 20.9 Å². The van der Waals surface area contributed by atoms with E-state index in [0.717, 1.165) is 12.5 Å². The Morgan fingerprint density at radius 3 is 2.38 bits per heavy atom. The number of hydrogen-bond acceptors (Lipinski definition) is 5. The summed E-state index contributed by atoms with van der Waals surface area (Å²) in [6.45, 7) is 3.26. The van der Waals surface area contributed by atoms with Crippen LogP contribution in [0, 0.1) is 31.6 Å². The summed E-state index contributed by atoms with van der Waals surface area (Å²) in [5, 5.41) is 11.3. The second-order valence-electron chi connectivity index (χ2n) is 10.6. The number of pyridine rings is 1. The first-order valence-corrected chi connectivity index (χ1v) is 11.6. The molecule has 4 aliphatic rings. The van der Waals surface area contributed by atoms with Gasteiger partial charge in [-0.05, 0) is 75.8 Å². The molecule has 2 amide bonds. The summed E-state index contributed by atoms with van der Waals surface area (Å²) < 4.78 is 15.7. The lowest BCUT2D eigenvalue weighted by Gasteiger charge is -2.63. The number of aromatic nitrogens is 2. The van der Waals surface area contributed by atoms with E-state index in [-0.39, 0.29) is 28.8 Å². The van der Waals surface area contributed by atoms with Crippen molar-refractivity contribution in [2.45, 2.75) is 63.5 Å². The highest BCUT2D eigenvalue weighted by molar-refractivity contribution is 6.47. The summed E-state index contributed by atoms with van der Waals surface area (Å²) in [4.78, 5) is 44.7. The lowest BCUT2D eigenvalue weighted by molar-refractivity contribution is -0.141. The lowest BCUT2D eigenvalue weighted by atomic mass is 9.50. The Morgan fingerprint density at radius 1 is 1.21 bits per heavy atom. The molecule has 0 spiro atoms. The second-order valence-corrected chi connectivity index (χ2v) is 10.6. The molecule has 2 atom stereocenters. The van der Waals surface area contributed by atoms with E-state index in [9.17, 15) is 23.9 Å². The first kappa shape index (κ1) is 22.7. The number of halogens is 1. The average Bonchev–Trinajstić information content (AvgIpc) is 2.94. The molecule has 4 fully saturated rings. The van der Waals surface area contributed by atoms with E-state index in [4.69, 9.17) is 5.73 Å². The molecule has 0 aliphatic heterocycles. The van der Waals surface area contributed by atoms with Crippen LogP contribution in [-0.2, 0) is 11.8 Å². The quantitative estimate of drug-likeness (QED) is 0.397. The molecule has 4 bridgehead atoms. The van der Waals surface area contributed by atoms with Crippen LogP contribution >= 0.6 is 0 Å². The topological polar surface area (TPSA) is 119 Å². The number of carbonyl (C=O) groups is 3. The van der Waals surface area contributed by atoms with E-state index >= 15 is 0 Å². The van der Waals surface area contributed by atoms with Gasteiger partial charge in [-0.1, -0.05) is 0 Å². The molecule has 2 aromatic rings. The lowest BCUT2D eigenvalue weighted by Crippen LogP contribution is -2.67. The second kappa shape index (κ2) is 7.46. The maximum Gasteiger partial charge on any atom is 0.301 e. The normalized spacial score (nSPS) is 29.3. The van der Waals surface area contributed by atoms with E-state index in [0.29, 0.717) is 43.4 Å². The summed E-state index contributed by atoms with van der Waals surface area (Å²) in [7, 11) is 1.61. The Morgan fingerprint density at radius 2 is 1.85 bits per heavy atom. The molecule has 2 aromatic heterocycles. The molecule has 180 valence electrons. The van der Waals surface area contributed by atoms with Gasteiger partial charge in [0.05, 0.1) is 28.1 Å². The molecule has 4 aliphatic carbocycles. The molecule has 2 unspecified atom stereocenters. The Balaban J connectivity index is 1.63. The molecular formula is C25H29FN4O4. The van der Waals surface area contributed by atoms with Crippen LogP contribution in [0.15, 0.2) is 18.3 Å². The number of hydrogen-bond donors (Lipinski definition) is 2. The molecule has 8 nitrogen and oxygen atoms in total. The third-order valence-corrected chi connectivity index (χ3v) is 8.23. The fourth-order valence-corrected chi connectivity index (χ4v) is 7.43. The van der Waals surface area contributed by atoms with Crippen molar-refractivity contribution >= 4 is 23.3 Å². The SMILES string of the molecule is Cc1c(C(N)=O)c(C)n(C)c1C(=O)C(=O)N(c1ccnc(F)c1)C12CC3CC(CC(O)(C3)C1)C2. The number of rotatable bonds is 5. The van der Waals surface area contributed by atoms with Gasteiger partial charge in [-0.2, -0.15) is 4.39 Å². The molecule has 34 heavy (non-hydrogen) atoms. The zero-order valence-corrected chi connectivity index (χ0v) is 19.6. The van der Waals surface area contributed by atoms with Gasteiger partial charge in [0.25, 0.3) is 11.7 Å². The number of nitrogens with zero attached hydrogens (tertiary/aromatic N) is 3. The summed E-state index contributed by atoms with van der Waals surface area (Å²) in [5.74, 6) is -2.55. The van der Waals surface area contributed by atoms with Crippen LogP contribution in [0.5, 0.6) is 0 Å². The molecule has 6 rings (SSSR count). The fraction of sp³-hybridized carbons (Fsp3) is 0.520. The van der Waals surface area contributed by atoms with Crippen molar-refractivity contribution < 1.29 is 23.9 Å². The number of ketones is 1. The number of aliphatic hydroxyl groups is 1. The zero-order chi connectivity index (χ0) is 24.6. The molecule has 2 heterocycles.